The molecule has 0 radical (unpaired) electrons. The van der Waals surface area contributed by atoms with Crippen LogP contribution in [0.3, 0.4) is 0 Å². The zero-order valence-electron chi connectivity index (χ0n) is 16.9. The zero-order valence-corrected chi connectivity index (χ0v) is 17.7. The first-order valence-electron chi connectivity index (χ1n) is 10.3. The van der Waals surface area contributed by atoms with Crippen LogP contribution in [0.2, 0.25) is 5.02 Å². The highest BCUT2D eigenvalue weighted by atomic mass is 35.5. The normalized spacial score (nSPS) is 18.6. The second kappa shape index (κ2) is 9.58. The third-order valence-corrected chi connectivity index (χ3v) is 5.76. The second-order valence-corrected chi connectivity index (χ2v) is 8.22. The molecular weight excluding hydrogens is 420 g/mol. The lowest BCUT2D eigenvalue weighted by Gasteiger charge is -2.27. The highest BCUT2D eigenvalue weighted by Gasteiger charge is 2.19. The van der Waals surface area contributed by atoms with E-state index < -0.39 is 11.6 Å². The molecule has 2 heterocycles. The van der Waals surface area contributed by atoms with Gasteiger partial charge in [0.05, 0.1) is 10.7 Å². The SMILES string of the molecule is N[C@H]1CC[C@H](Nc2cc(-c3cccc(NCc4ccc(F)c(F)c4)n3)c(Cl)cn2)CC1. The molecule has 0 saturated heterocycles. The number of halogens is 3. The molecule has 0 aliphatic heterocycles. The predicted octanol–water partition coefficient (Wildman–Crippen LogP) is 5.37. The molecule has 0 atom stereocenters. The van der Waals surface area contributed by atoms with Crippen molar-refractivity contribution in [3.63, 3.8) is 0 Å². The van der Waals surface area contributed by atoms with Gasteiger partial charge in [0.2, 0.25) is 0 Å². The molecule has 0 unspecified atom stereocenters. The molecule has 1 fully saturated rings. The first kappa shape index (κ1) is 21.5. The third-order valence-electron chi connectivity index (χ3n) is 5.46. The summed E-state index contributed by atoms with van der Waals surface area (Å²) >= 11 is 6.41. The molecule has 0 amide bonds. The van der Waals surface area contributed by atoms with Gasteiger partial charge >= 0.3 is 0 Å². The monoisotopic (exact) mass is 443 g/mol. The minimum atomic E-state index is -0.871. The third kappa shape index (κ3) is 5.48. The predicted molar refractivity (Wildman–Crippen MR) is 120 cm³/mol. The van der Waals surface area contributed by atoms with Crippen LogP contribution in [-0.2, 0) is 6.54 Å². The van der Waals surface area contributed by atoms with E-state index in [2.05, 4.69) is 20.6 Å². The standard InChI is InChI=1S/C23H24ClF2N5/c24-18-13-29-23(30-16-7-5-15(27)6-8-16)11-17(18)21-2-1-3-22(31-21)28-12-14-4-9-19(25)20(26)10-14/h1-4,9-11,13,15-16H,5-8,12,27H2,(H,28,31)(H,29,30)/t15-,16-. The summed E-state index contributed by atoms with van der Waals surface area (Å²) in [4.78, 5) is 9.03. The number of benzene rings is 1. The van der Waals surface area contributed by atoms with Gasteiger partial charge in [0.15, 0.2) is 11.6 Å². The quantitative estimate of drug-likeness (QED) is 0.477. The van der Waals surface area contributed by atoms with E-state index >= 15 is 0 Å². The van der Waals surface area contributed by atoms with Crippen molar-refractivity contribution in [2.75, 3.05) is 10.6 Å². The van der Waals surface area contributed by atoms with Crippen molar-refractivity contribution in [2.24, 2.45) is 5.73 Å². The van der Waals surface area contributed by atoms with Crippen molar-refractivity contribution in [1.82, 2.24) is 9.97 Å². The Hall–Kier alpha value is -2.77. The molecule has 31 heavy (non-hydrogen) atoms. The van der Waals surface area contributed by atoms with E-state index in [-0.39, 0.29) is 6.04 Å². The van der Waals surface area contributed by atoms with Crippen LogP contribution < -0.4 is 16.4 Å². The lowest BCUT2D eigenvalue weighted by Crippen LogP contribution is -2.33. The van der Waals surface area contributed by atoms with Crippen LogP contribution >= 0.6 is 11.6 Å². The van der Waals surface area contributed by atoms with Crippen LogP contribution in [-0.4, -0.2) is 22.1 Å². The minimum Gasteiger partial charge on any atom is -0.367 e. The number of hydrogen-bond acceptors (Lipinski definition) is 5. The molecule has 8 heteroatoms. The molecule has 162 valence electrons. The number of anilines is 2. The highest BCUT2D eigenvalue weighted by Crippen LogP contribution is 2.30. The molecule has 2 aromatic heterocycles. The first-order chi connectivity index (χ1) is 15.0. The lowest BCUT2D eigenvalue weighted by atomic mass is 9.92. The Balaban J connectivity index is 1.48. The van der Waals surface area contributed by atoms with E-state index in [4.69, 9.17) is 17.3 Å². The van der Waals surface area contributed by atoms with Gasteiger partial charge < -0.3 is 16.4 Å². The Bertz CT molecular complexity index is 1050. The smallest absolute Gasteiger partial charge is 0.159 e. The number of nitrogens with zero attached hydrogens (tertiary/aromatic N) is 2. The van der Waals surface area contributed by atoms with Crippen LogP contribution in [0.1, 0.15) is 31.2 Å². The average molecular weight is 444 g/mol. The maximum Gasteiger partial charge on any atom is 0.159 e. The summed E-state index contributed by atoms with van der Waals surface area (Å²) in [5, 5.41) is 7.11. The summed E-state index contributed by atoms with van der Waals surface area (Å²) in [5.74, 6) is -0.381. The Labute approximate surface area is 185 Å². The number of nitrogens with one attached hydrogen (secondary N) is 2. The van der Waals surface area contributed by atoms with Crippen molar-refractivity contribution < 1.29 is 8.78 Å². The number of nitrogens with two attached hydrogens (primary N) is 1. The van der Waals surface area contributed by atoms with E-state index in [0.29, 0.717) is 34.7 Å². The molecule has 3 aromatic rings. The maximum absolute atomic E-state index is 13.4. The number of rotatable bonds is 6. The molecule has 1 aromatic carbocycles. The van der Waals surface area contributed by atoms with E-state index in [1.165, 1.54) is 12.1 Å². The largest absolute Gasteiger partial charge is 0.367 e. The van der Waals surface area contributed by atoms with Crippen LogP contribution in [0.4, 0.5) is 20.4 Å². The summed E-state index contributed by atoms with van der Waals surface area (Å²) in [6, 6.07) is 11.9. The van der Waals surface area contributed by atoms with E-state index in [1.807, 2.05) is 24.3 Å². The zero-order chi connectivity index (χ0) is 21.8. The molecular formula is C23H24ClF2N5. The molecule has 4 rings (SSSR count). The van der Waals surface area contributed by atoms with Gasteiger partial charge in [0.1, 0.15) is 11.6 Å². The molecule has 1 aliphatic carbocycles. The Morgan fingerprint density at radius 1 is 1.00 bits per heavy atom. The van der Waals surface area contributed by atoms with Crippen molar-refractivity contribution >= 4 is 23.2 Å². The van der Waals surface area contributed by atoms with Gasteiger partial charge in [-0.25, -0.2) is 18.7 Å². The fourth-order valence-corrected chi connectivity index (χ4v) is 3.91. The van der Waals surface area contributed by atoms with Gasteiger partial charge in [-0.1, -0.05) is 23.7 Å². The van der Waals surface area contributed by atoms with Gasteiger partial charge in [-0.3, -0.25) is 0 Å². The molecule has 1 aliphatic rings. The fraction of sp³-hybridized carbons (Fsp3) is 0.304. The number of pyridine rings is 2. The van der Waals surface area contributed by atoms with Gasteiger partial charge in [-0.15, -0.1) is 0 Å². The molecule has 5 nitrogen and oxygen atoms in total. The lowest BCUT2D eigenvalue weighted by molar-refractivity contribution is 0.410. The average Bonchev–Trinajstić information content (AvgIpc) is 2.78. The van der Waals surface area contributed by atoms with Gasteiger partial charge in [-0.2, -0.15) is 0 Å². The second-order valence-electron chi connectivity index (χ2n) is 7.82. The summed E-state index contributed by atoms with van der Waals surface area (Å²) in [6.45, 7) is 0.314. The van der Waals surface area contributed by atoms with Crippen LogP contribution in [0.5, 0.6) is 0 Å². The van der Waals surface area contributed by atoms with E-state index in [0.717, 1.165) is 43.1 Å². The van der Waals surface area contributed by atoms with Crippen LogP contribution in [0.15, 0.2) is 48.7 Å². The van der Waals surface area contributed by atoms with E-state index in [9.17, 15) is 8.78 Å². The summed E-state index contributed by atoms with van der Waals surface area (Å²) in [5.41, 5.74) is 8.07. The Morgan fingerprint density at radius 3 is 2.58 bits per heavy atom. The van der Waals surface area contributed by atoms with Crippen LogP contribution in [0, 0.1) is 11.6 Å². The summed E-state index contributed by atoms with van der Waals surface area (Å²) in [7, 11) is 0. The fourth-order valence-electron chi connectivity index (χ4n) is 3.71. The number of aromatic nitrogens is 2. The van der Waals surface area contributed by atoms with Crippen molar-refractivity contribution in [3.8, 4) is 11.3 Å². The maximum atomic E-state index is 13.4. The highest BCUT2D eigenvalue weighted by molar-refractivity contribution is 6.33. The van der Waals surface area contributed by atoms with Crippen LogP contribution in [0.25, 0.3) is 11.3 Å². The number of hydrogen-bond donors (Lipinski definition) is 3. The Kier molecular flexibility index (Phi) is 6.63. The topological polar surface area (TPSA) is 75.9 Å². The van der Waals surface area contributed by atoms with Gasteiger partial charge in [0, 0.05) is 30.4 Å². The molecule has 0 spiro atoms. The first-order valence-corrected chi connectivity index (χ1v) is 10.7. The molecule has 1 saturated carbocycles. The summed E-state index contributed by atoms with van der Waals surface area (Å²) < 4.78 is 26.5. The van der Waals surface area contributed by atoms with Crippen molar-refractivity contribution in [1.29, 1.82) is 0 Å². The Morgan fingerprint density at radius 2 is 1.81 bits per heavy atom. The molecule has 0 bridgehead atoms. The van der Waals surface area contributed by atoms with E-state index in [1.54, 1.807) is 6.20 Å². The van der Waals surface area contributed by atoms with Gasteiger partial charge in [0.25, 0.3) is 0 Å². The van der Waals surface area contributed by atoms with Crippen molar-refractivity contribution in [3.05, 3.63) is 70.9 Å². The van der Waals surface area contributed by atoms with Crippen molar-refractivity contribution in [2.45, 2.75) is 44.3 Å². The summed E-state index contributed by atoms with van der Waals surface area (Å²) in [6.07, 6.45) is 5.67. The minimum absolute atomic E-state index is 0.289. The van der Waals surface area contributed by atoms with Gasteiger partial charge in [-0.05, 0) is 61.6 Å². The molecule has 4 N–H and O–H groups in total.